The van der Waals surface area contributed by atoms with Crippen molar-refractivity contribution in [1.82, 2.24) is 10.2 Å². The number of hydrogen-bond donors (Lipinski definition) is 3. The molecule has 0 aromatic heterocycles. The second kappa shape index (κ2) is 7.56. The van der Waals surface area contributed by atoms with Crippen LogP contribution in [-0.2, 0) is 24.7 Å². The highest BCUT2D eigenvalue weighted by molar-refractivity contribution is 6.35. The van der Waals surface area contributed by atoms with E-state index >= 15 is 0 Å². The molecule has 170 valence electrons. The predicted octanol–water partition coefficient (Wildman–Crippen LogP) is 2.57. The Morgan fingerprint density at radius 2 is 1.91 bits per heavy atom. The van der Waals surface area contributed by atoms with Gasteiger partial charge in [-0.25, -0.2) is 0 Å². The Morgan fingerprint density at radius 1 is 1.19 bits per heavy atom. The topological polar surface area (TPSA) is 116 Å². The maximum atomic E-state index is 13.8. The molecule has 0 radical (unpaired) electrons. The number of nitrogens with zero attached hydrogens (tertiary/aromatic N) is 1. The molecular formula is C23H26ClN3O5. The highest BCUT2D eigenvalue weighted by atomic mass is 35.5. The van der Waals surface area contributed by atoms with Crippen LogP contribution in [-0.4, -0.2) is 45.8 Å². The van der Waals surface area contributed by atoms with Gasteiger partial charge >= 0.3 is 5.97 Å². The molecule has 9 heteroatoms. The summed E-state index contributed by atoms with van der Waals surface area (Å²) in [5.41, 5.74) is 0.406. The number of hydrogen-bond acceptors (Lipinski definition) is 5. The number of amides is 3. The minimum Gasteiger partial charge on any atom is -0.481 e. The summed E-state index contributed by atoms with van der Waals surface area (Å²) in [6, 6.07) is 2.81. The fraction of sp³-hybridized carbons (Fsp3) is 0.565. The number of imide groups is 1. The smallest absolute Gasteiger partial charge is 0.303 e. The molecule has 1 aromatic carbocycles. The fourth-order valence-electron chi connectivity index (χ4n) is 6.24. The number of aliphatic carboxylic acids is 1. The molecule has 4 aliphatic rings. The van der Waals surface area contributed by atoms with E-state index in [4.69, 9.17) is 11.6 Å². The van der Waals surface area contributed by atoms with Crippen LogP contribution in [0.5, 0.6) is 0 Å². The van der Waals surface area contributed by atoms with Crippen molar-refractivity contribution in [2.24, 2.45) is 11.8 Å². The number of anilines is 1. The Balaban J connectivity index is 1.63. The maximum Gasteiger partial charge on any atom is 0.303 e. The number of carbonyl (C=O) groups excluding carboxylic acids is 3. The number of rotatable bonds is 4. The molecule has 3 N–H and O–H groups in total. The van der Waals surface area contributed by atoms with Crippen LogP contribution in [0.3, 0.4) is 0 Å². The molecular weight excluding hydrogens is 434 g/mol. The van der Waals surface area contributed by atoms with Crippen LogP contribution in [0.1, 0.15) is 56.1 Å². The molecule has 4 unspecified atom stereocenters. The van der Waals surface area contributed by atoms with Gasteiger partial charge in [0.1, 0.15) is 5.54 Å². The van der Waals surface area contributed by atoms with Crippen molar-refractivity contribution in [3.8, 4) is 0 Å². The highest BCUT2D eigenvalue weighted by Crippen LogP contribution is 2.55. The van der Waals surface area contributed by atoms with E-state index in [0.29, 0.717) is 16.3 Å². The summed E-state index contributed by atoms with van der Waals surface area (Å²) in [5.74, 6) is -3.72. The van der Waals surface area contributed by atoms with E-state index in [1.807, 2.05) is 13.0 Å². The van der Waals surface area contributed by atoms with Crippen molar-refractivity contribution in [2.75, 3.05) is 5.32 Å². The number of benzene rings is 1. The lowest BCUT2D eigenvalue weighted by atomic mass is 9.76. The van der Waals surface area contributed by atoms with Crippen molar-refractivity contribution < 1.29 is 24.3 Å². The summed E-state index contributed by atoms with van der Waals surface area (Å²) in [7, 11) is 0. The predicted molar refractivity (Wildman–Crippen MR) is 116 cm³/mol. The van der Waals surface area contributed by atoms with E-state index in [2.05, 4.69) is 10.6 Å². The van der Waals surface area contributed by atoms with Crippen LogP contribution < -0.4 is 10.6 Å². The van der Waals surface area contributed by atoms with E-state index in [1.54, 1.807) is 6.07 Å². The van der Waals surface area contributed by atoms with Crippen LogP contribution in [0.2, 0.25) is 5.02 Å². The van der Waals surface area contributed by atoms with Gasteiger partial charge in [-0.1, -0.05) is 36.9 Å². The lowest BCUT2D eigenvalue weighted by molar-refractivity contribution is -0.146. The summed E-state index contributed by atoms with van der Waals surface area (Å²) < 4.78 is 0. The van der Waals surface area contributed by atoms with Crippen LogP contribution in [0.4, 0.5) is 5.69 Å². The molecule has 8 nitrogen and oxygen atoms in total. The molecule has 1 saturated carbocycles. The summed E-state index contributed by atoms with van der Waals surface area (Å²) in [5, 5.41) is 15.7. The molecule has 32 heavy (non-hydrogen) atoms. The number of nitrogens with one attached hydrogen (secondary N) is 2. The standard InChI is InChI=1S/C23H26ClN3O5/c1-11-9-13-19(14(24)10-11)25-22(32)23(13)18-17(15(26-23)7-8-16(28)29)20(30)27(21(18)31)12-5-3-2-4-6-12/h9-10,12,15,17-18,26H,2-8H2,1H3,(H,25,32)(H,28,29). The van der Waals surface area contributed by atoms with Crippen LogP contribution >= 0.6 is 11.6 Å². The third kappa shape index (κ3) is 2.92. The Bertz CT molecular complexity index is 1040. The van der Waals surface area contributed by atoms with Crippen LogP contribution in [0.25, 0.3) is 0 Å². The molecule has 3 aliphatic heterocycles. The lowest BCUT2D eigenvalue weighted by Crippen LogP contribution is -2.54. The zero-order valence-electron chi connectivity index (χ0n) is 17.8. The molecule has 3 amide bonds. The van der Waals surface area contributed by atoms with Gasteiger partial charge in [0.2, 0.25) is 17.7 Å². The normalized spacial score (nSPS) is 31.9. The molecule has 0 bridgehead atoms. The molecule has 1 spiro atoms. The van der Waals surface area contributed by atoms with Crippen LogP contribution in [0.15, 0.2) is 12.1 Å². The Kier molecular flexibility index (Phi) is 5.05. The Labute approximate surface area is 190 Å². The van der Waals surface area contributed by atoms with E-state index in [1.165, 1.54) is 4.90 Å². The molecule has 3 fully saturated rings. The van der Waals surface area contributed by atoms with E-state index < -0.39 is 35.3 Å². The zero-order chi connectivity index (χ0) is 22.8. The van der Waals surface area contributed by atoms with Crippen molar-refractivity contribution in [3.63, 3.8) is 0 Å². The van der Waals surface area contributed by atoms with Gasteiger partial charge in [0.05, 0.1) is 22.5 Å². The van der Waals surface area contributed by atoms with Gasteiger partial charge < -0.3 is 10.4 Å². The first-order valence-corrected chi connectivity index (χ1v) is 11.6. The van der Waals surface area contributed by atoms with Gasteiger partial charge in [-0.2, -0.15) is 0 Å². The number of halogens is 1. The van der Waals surface area contributed by atoms with Crippen LogP contribution in [0, 0.1) is 18.8 Å². The number of carboxylic acid groups (broad SMARTS) is 1. The minimum absolute atomic E-state index is 0.151. The third-order valence-electron chi connectivity index (χ3n) is 7.56. The third-order valence-corrected chi connectivity index (χ3v) is 7.86. The summed E-state index contributed by atoms with van der Waals surface area (Å²) in [4.78, 5) is 53.5. The second-order valence-corrected chi connectivity index (χ2v) is 9.86. The molecule has 5 rings (SSSR count). The summed E-state index contributed by atoms with van der Waals surface area (Å²) in [6.45, 7) is 1.85. The highest BCUT2D eigenvalue weighted by Gasteiger charge is 2.71. The van der Waals surface area contributed by atoms with Gasteiger partial charge in [-0.3, -0.25) is 29.4 Å². The number of aryl methyl sites for hydroxylation is 1. The van der Waals surface area contributed by atoms with Gasteiger partial charge in [0.15, 0.2) is 0 Å². The Morgan fingerprint density at radius 3 is 2.59 bits per heavy atom. The van der Waals surface area contributed by atoms with Crippen molar-refractivity contribution >= 4 is 41.0 Å². The maximum absolute atomic E-state index is 13.8. The van der Waals surface area contributed by atoms with Crippen molar-refractivity contribution in [2.45, 2.75) is 69.5 Å². The van der Waals surface area contributed by atoms with Crippen molar-refractivity contribution in [1.29, 1.82) is 0 Å². The number of carboxylic acids is 1. The average molecular weight is 460 g/mol. The summed E-state index contributed by atoms with van der Waals surface area (Å²) >= 11 is 6.42. The first kappa shape index (κ1) is 21.4. The monoisotopic (exact) mass is 459 g/mol. The number of fused-ring (bicyclic) bond motifs is 4. The van der Waals surface area contributed by atoms with E-state index in [9.17, 15) is 24.3 Å². The fourth-order valence-corrected chi connectivity index (χ4v) is 6.56. The minimum atomic E-state index is -1.44. The molecule has 1 aromatic rings. The van der Waals surface area contributed by atoms with Gasteiger partial charge in [0, 0.05) is 24.1 Å². The number of likely N-dealkylation sites (tertiary alicyclic amines) is 1. The van der Waals surface area contributed by atoms with E-state index in [-0.39, 0.29) is 30.7 Å². The molecule has 1 aliphatic carbocycles. The zero-order valence-corrected chi connectivity index (χ0v) is 18.6. The molecule has 3 heterocycles. The molecule has 4 atom stereocenters. The molecule has 2 saturated heterocycles. The summed E-state index contributed by atoms with van der Waals surface area (Å²) in [6.07, 6.45) is 4.53. The first-order valence-electron chi connectivity index (χ1n) is 11.2. The van der Waals surface area contributed by atoms with Gasteiger partial charge in [-0.15, -0.1) is 0 Å². The van der Waals surface area contributed by atoms with Crippen molar-refractivity contribution in [3.05, 3.63) is 28.3 Å². The lowest BCUT2D eigenvalue weighted by Gasteiger charge is -2.34. The average Bonchev–Trinajstić information content (AvgIpc) is 3.33. The second-order valence-electron chi connectivity index (χ2n) is 9.46. The van der Waals surface area contributed by atoms with E-state index in [0.717, 1.165) is 37.7 Å². The largest absolute Gasteiger partial charge is 0.481 e. The van der Waals surface area contributed by atoms with Gasteiger partial charge in [-0.05, 0) is 37.8 Å². The quantitative estimate of drug-likeness (QED) is 0.596. The first-order chi connectivity index (χ1) is 15.3. The SMILES string of the molecule is Cc1cc(Cl)c2c(c1)C1(NC(CCC(=O)O)C3C(=O)N(C4CCCCC4)C(=O)C31)C(=O)N2. The van der Waals surface area contributed by atoms with Gasteiger partial charge in [0.25, 0.3) is 0 Å². The Hall–Kier alpha value is -2.45. The number of carbonyl (C=O) groups is 4.